The Hall–Kier alpha value is -1.60. The van der Waals surface area contributed by atoms with Crippen LogP contribution in [0.15, 0.2) is 29.3 Å². The van der Waals surface area contributed by atoms with Crippen molar-refractivity contribution in [1.82, 2.24) is 15.0 Å². The van der Waals surface area contributed by atoms with Crippen molar-refractivity contribution < 1.29 is 14.3 Å². The predicted molar refractivity (Wildman–Crippen MR) is 69.1 cm³/mol. The van der Waals surface area contributed by atoms with Crippen LogP contribution in [0, 0.1) is 5.82 Å². The van der Waals surface area contributed by atoms with Crippen LogP contribution in [-0.2, 0) is 6.54 Å². The molecule has 0 radical (unpaired) electrons. The van der Waals surface area contributed by atoms with Crippen molar-refractivity contribution in [3.05, 3.63) is 40.9 Å². The SMILES string of the molecule is O=C(O)c1cn(CCSc2ccc(F)c(Cl)c2)nn1. The third kappa shape index (κ3) is 3.68. The Kier molecular flexibility index (Phi) is 4.39. The Morgan fingerprint density at radius 1 is 1.53 bits per heavy atom. The molecule has 0 saturated carbocycles. The monoisotopic (exact) mass is 301 g/mol. The van der Waals surface area contributed by atoms with Crippen LogP contribution < -0.4 is 0 Å². The molecule has 0 aliphatic carbocycles. The molecule has 0 atom stereocenters. The lowest BCUT2D eigenvalue weighted by Crippen LogP contribution is -2.01. The number of carboxylic acid groups (broad SMARTS) is 1. The Bertz CT molecular complexity index is 605. The molecule has 0 spiro atoms. The molecule has 0 amide bonds. The van der Waals surface area contributed by atoms with Crippen molar-refractivity contribution in [3.63, 3.8) is 0 Å². The standard InChI is InChI=1S/C11H9ClFN3O2S/c12-8-5-7(1-2-9(8)13)19-4-3-16-6-10(11(17)18)14-15-16/h1-2,5-6H,3-4H2,(H,17,18). The van der Waals surface area contributed by atoms with Crippen molar-refractivity contribution >= 4 is 29.3 Å². The average Bonchev–Trinajstić information content (AvgIpc) is 2.83. The average molecular weight is 302 g/mol. The van der Waals surface area contributed by atoms with E-state index >= 15 is 0 Å². The third-order valence-electron chi connectivity index (χ3n) is 2.24. The summed E-state index contributed by atoms with van der Waals surface area (Å²) in [6, 6.07) is 4.49. The highest BCUT2D eigenvalue weighted by atomic mass is 35.5. The van der Waals surface area contributed by atoms with Gasteiger partial charge >= 0.3 is 5.97 Å². The number of aromatic nitrogens is 3. The van der Waals surface area contributed by atoms with Crippen LogP contribution in [0.1, 0.15) is 10.5 Å². The van der Waals surface area contributed by atoms with E-state index in [1.54, 1.807) is 12.1 Å². The Morgan fingerprint density at radius 2 is 2.32 bits per heavy atom. The lowest BCUT2D eigenvalue weighted by atomic mass is 10.3. The van der Waals surface area contributed by atoms with Gasteiger partial charge in [0.05, 0.1) is 17.8 Å². The van der Waals surface area contributed by atoms with E-state index in [0.717, 1.165) is 4.90 Å². The van der Waals surface area contributed by atoms with Crippen molar-refractivity contribution in [2.45, 2.75) is 11.4 Å². The number of rotatable bonds is 5. The molecule has 2 aromatic rings. The summed E-state index contributed by atoms with van der Waals surface area (Å²) in [7, 11) is 0. The number of carbonyl (C=O) groups is 1. The number of benzene rings is 1. The molecule has 0 saturated heterocycles. The Balaban J connectivity index is 1.88. The zero-order chi connectivity index (χ0) is 13.8. The zero-order valence-corrected chi connectivity index (χ0v) is 11.2. The minimum absolute atomic E-state index is 0.0823. The van der Waals surface area contributed by atoms with Crippen LogP contribution in [0.2, 0.25) is 5.02 Å². The maximum atomic E-state index is 12.9. The Morgan fingerprint density at radius 3 is 2.95 bits per heavy atom. The van der Waals surface area contributed by atoms with Crippen molar-refractivity contribution in [1.29, 1.82) is 0 Å². The van der Waals surface area contributed by atoms with Gasteiger partial charge in [0.1, 0.15) is 5.82 Å². The molecule has 100 valence electrons. The first-order chi connectivity index (χ1) is 9.06. The van der Waals surface area contributed by atoms with Gasteiger partial charge in [-0.3, -0.25) is 4.68 Å². The van der Waals surface area contributed by atoms with E-state index in [9.17, 15) is 9.18 Å². The van der Waals surface area contributed by atoms with Gasteiger partial charge in [-0.2, -0.15) is 0 Å². The van der Waals surface area contributed by atoms with E-state index in [-0.39, 0.29) is 10.7 Å². The van der Waals surface area contributed by atoms with Crippen molar-refractivity contribution in [2.24, 2.45) is 0 Å². The van der Waals surface area contributed by atoms with Crippen LogP contribution in [0.3, 0.4) is 0 Å². The van der Waals surface area contributed by atoms with Crippen molar-refractivity contribution in [3.8, 4) is 0 Å². The fourth-order valence-corrected chi connectivity index (χ4v) is 2.45. The molecule has 19 heavy (non-hydrogen) atoms. The van der Waals surface area contributed by atoms with Gasteiger partial charge in [0.25, 0.3) is 0 Å². The van der Waals surface area contributed by atoms with Gasteiger partial charge in [-0.15, -0.1) is 16.9 Å². The first-order valence-corrected chi connectivity index (χ1v) is 6.64. The first kappa shape index (κ1) is 13.8. The number of halogens is 2. The molecule has 0 aliphatic heterocycles. The van der Waals surface area contributed by atoms with E-state index in [2.05, 4.69) is 10.3 Å². The maximum Gasteiger partial charge on any atom is 0.358 e. The van der Waals surface area contributed by atoms with Crippen LogP contribution in [0.25, 0.3) is 0 Å². The van der Waals surface area contributed by atoms with E-state index < -0.39 is 11.8 Å². The summed E-state index contributed by atoms with van der Waals surface area (Å²) in [6.45, 7) is 0.500. The summed E-state index contributed by atoms with van der Waals surface area (Å²) in [5.74, 6) is -0.915. The van der Waals surface area contributed by atoms with Gasteiger partial charge in [0, 0.05) is 10.6 Å². The molecule has 1 aromatic carbocycles. The maximum absolute atomic E-state index is 12.9. The number of aromatic carboxylic acids is 1. The molecule has 8 heteroatoms. The quantitative estimate of drug-likeness (QED) is 0.860. The topological polar surface area (TPSA) is 68.0 Å². The molecule has 0 fully saturated rings. The van der Waals surface area contributed by atoms with Gasteiger partial charge in [-0.1, -0.05) is 16.8 Å². The predicted octanol–water partition coefficient (Wildman–Crippen LogP) is 2.56. The molecule has 0 unspecified atom stereocenters. The molecular weight excluding hydrogens is 293 g/mol. The zero-order valence-electron chi connectivity index (χ0n) is 9.58. The summed E-state index contributed by atoms with van der Waals surface area (Å²) in [5.41, 5.74) is -0.0881. The number of hydrogen-bond acceptors (Lipinski definition) is 4. The van der Waals surface area contributed by atoms with Gasteiger partial charge in [-0.05, 0) is 18.2 Å². The number of thioether (sulfide) groups is 1. The molecule has 2 rings (SSSR count). The van der Waals surface area contributed by atoms with E-state index in [4.69, 9.17) is 16.7 Å². The number of carboxylic acids is 1. The van der Waals surface area contributed by atoms with Gasteiger partial charge in [-0.25, -0.2) is 9.18 Å². The molecule has 1 heterocycles. The fraction of sp³-hybridized carbons (Fsp3) is 0.182. The van der Waals surface area contributed by atoms with Crippen molar-refractivity contribution in [2.75, 3.05) is 5.75 Å². The summed E-state index contributed by atoms with van der Waals surface area (Å²) < 4.78 is 14.4. The lowest BCUT2D eigenvalue weighted by Gasteiger charge is -2.02. The third-order valence-corrected chi connectivity index (χ3v) is 3.50. The van der Waals surface area contributed by atoms with E-state index in [0.29, 0.717) is 12.3 Å². The second kappa shape index (κ2) is 6.03. The summed E-state index contributed by atoms with van der Waals surface area (Å²) in [6.07, 6.45) is 1.36. The molecule has 5 nitrogen and oxygen atoms in total. The van der Waals surface area contributed by atoms with E-state index in [1.807, 2.05) is 0 Å². The smallest absolute Gasteiger partial charge is 0.358 e. The minimum Gasteiger partial charge on any atom is -0.476 e. The first-order valence-electron chi connectivity index (χ1n) is 5.27. The van der Waals surface area contributed by atoms with E-state index in [1.165, 1.54) is 28.7 Å². The lowest BCUT2D eigenvalue weighted by molar-refractivity contribution is 0.0690. The largest absolute Gasteiger partial charge is 0.476 e. The summed E-state index contributed by atoms with van der Waals surface area (Å²) in [5, 5.41) is 16.0. The highest BCUT2D eigenvalue weighted by Gasteiger charge is 2.08. The Labute approximate surface area is 117 Å². The number of aryl methyl sites for hydroxylation is 1. The van der Waals surface area contributed by atoms with Crippen LogP contribution in [0.4, 0.5) is 4.39 Å². The van der Waals surface area contributed by atoms with Gasteiger partial charge < -0.3 is 5.11 Å². The molecule has 1 N–H and O–H groups in total. The van der Waals surface area contributed by atoms with Crippen LogP contribution in [-0.4, -0.2) is 31.8 Å². The van der Waals surface area contributed by atoms with Gasteiger partial charge in [0.2, 0.25) is 0 Å². The van der Waals surface area contributed by atoms with Crippen LogP contribution >= 0.6 is 23.4 Å². The van der Waals surface area contributed by atoms with Crippen LogP contribution in [0.5, 0.6) is 0 Å². The van der Waals surface area contributed by atoms with Gasteiger partial charge in [0.15, 0.2) is 5.69 Å². The fourth-order valence-electron chi connectivity index (χ4n) is 1.33. The normalized spacial score (nSPS) is 10.6. The number of nitrogens with zero attached hydrogens (tertiary/aromatic N) is 3. The highest BCUT2D eigenvalue weighted by Crippen LogP contribution is 2.24. The highest BCUT2D eigenvalue weighted by molar-refractivity contribution is 7.99. The minimum atomic E-state index is -1.11. The summed E-state index contributed by atoms with van der Waals surface area (Å²) in [4.78, 5) is 11.4. The molecule has 1 aromatic heterocycles. The second-order valence-electron chi connectivity index (χ2n) is 3.60. The molecule has 0 bridgehead atoms. The molecular formula is C11H9ClFN3O2S. The number of hydrogen-bond donors (Lipinski definition) is 1. The summed E-state index contributed by atoms with van der Waals surface area (Å²) >= 11 is 7.14. The second-order valence-corrected chi connectivity index (χ2v) is 5.17. The molecule has 0 aliphatic rings.